The molecule has 0 saturated carbocycles. The third-order valence-corrected chi connectivity index (χ3v) is 3.15. The predicted molar refractivity (Wildman–Crippen MR) is 57.6 cm³/mol. The van der Waals surface area contributed by atoms with Crippen LogP contribution in [0.25, 0.3) is 10.4 Å². The molecular formula is C11H10FNS. The number of hydrogen-bond acceptors (Lipinski definition) is 2. The van der Waals surface area contributed by atoms with Gasteiger partial charge in [-0.25, -0.2) is 4.39 Å². The summed E-state index contributed by atoms with van der Waals surface area (Å²) in [6.45, 7) is 0.561. The van der Waals surface area contributed by atoms with Crippen LogP contribution < -0.4 is 5.73 Å². The molecule has 0 aliphatic carbocycles. The molecule has 1 nitrogen and oxygen atoms in total. The van der Waals surface area contributed by atoms with E-state index in [0.29, 0.717) is 6.54 Å². The van der Waals surface area contributed by atoms with Crippen LogP contribution in [0.2, 0.25) is 0 Å². The lowest BCUT2D eigenvalue weighted by molar-refractivity contribution is 0.628. The monoisotopic (exact) mass is 207 g/mol. The van der Waals surface area contributed by atoms with Gasteiger partial charge in [0.25, 0.3) is 0 Å². The smallest absolute Gasteiger partial charge is 0.123 e. The number of nitrogens with two attached hydrogens (primary N) is 1. The van der Waals surface area contributed by atoms with Gasteiger partial charge in [-0.15, -0.1) is 11.3 Å². The second kappa shape index (κ2) is 3.90. The van der Waals surface area contributed by atoms with Gasteiger partial charge >= 0.3 is 0 Å². The molecule has 2 rings (SSSR count). The average molecular weight is 207 g/mol. The third-order valence-electron chi connectivity index (χ3n) is 1.99. The number of rotatable bonds is 2. The molecule has 0 bridgehead atoms. The first kappa shape index (κ1) is 9.37. The Labute approximate surface area is 86.0 Å². The van der Waals surface area contributed by atoms with Crippen molar-refractivity contribution in [2.24, 2.45) is 5.73 Å². The lowest BCUT2D eigenvalue weighted by atomic mass is 10.2. The van der Waals surface area contributed by atoms with Crippen molar-refractivity contribution in [3.63, 3.8) is 0 Å². The summed E-state index contributed by atoms with van der Waals surface area (Å²) < 4.78 is 12.7. The first-order valence-electron chi connectivity index (χ1n) is 4.34. The molecule has 1 aromatic heterocycles. The standard InChI is InChI=1S/C11H10FNS/c12-9-3-1-8(2-4-9)11-6-5-10(7-13)14-11/h1-6H,7,13H2. The minimum Gasteiger partial charge on any atom is -0.326 e. The normalized spacial score (nSPS) is 10.4. The molecule has 0 fully saturated rings. The lowest BCUT2D eigenvalue weighted by Gasteiger charge is -1.95. The van der Waals surface area contributed by atoms with Gasteiger partial charge in [-0.1, -0.05) is 12.1 Å². The van der Waals surface area contributed by atoms with Gasteiger partial charge in [0.05, 0.1) is 0 Å². The zero-order chi connectivity index (χ0) is 9.97. The summed E-state index contributed by atoms with van der Waals surface area (Å²) in [6.07, 6.45) is 0. The molecule has 2 N–H and O–H groups in total. The summed E-state index contributed by atoms with van der Waals surface area (Å²) >= 11 is 1.64. The van der Waals surface area contributed by atoms with Crippen LogP contribution in [0.4, 0.5) is 4.39 Å². The fourth-order valence-electron chi connectivity index (χ4n) is 1.26. The molecule has 0 radical (unpaired) electrons. The van der Waals surface area contributed by atoms with Gasteiger partial charge in [0.15, 0.2) is 0 Å². The fourth-order valence-corrected chi connectivity index (χ4v) is 2.15. The van der Waals surface area contributed by atoms with E-state index in [1.165, 1.54) is 12.1 Å². The van der Waals surface area contributed by atoms with Crippen LogP contribution in [-0.2, 0) is 6.54 Å². The number of halogens is 1. The molecule has 72 valence electrons. The van der Waals surface area contributed by atoms with E-state index in [1.807, 2.05) is 12.1 Å². The van der Waals surface area contributed by atoms with Gasteiger partial charge < -0.3 is 5.73 Å². The molecule has 0 aliphatic heterocycles. The SMILES string of the molecule is NCc1ccc(-c2ccc(F)cc2)s1. The summed E-state index contributed by atoms with van der Waals surface area (Å²) in [6, 6.07) is 10.5. The maximum absolute atomic E-state index is 12.7. The van der Waals surface area contributed by atoms with Gasteiger partial charge in [-0.05, 0) is 29.8 Å². The molecule has 3 heteroatoms. The van der Waals surface area contributed by atoms with Crippen molar-refractivity contribution in [3.8, 4) is 10.4 Å². The Bertz CT molecular complexity index is 419. The van der Waals surface area contributed by atoms with E-state index < -0.39 is 0 Å². The molecule has 0 unspecified atom stereocenters. The molecule has 0 aliphatic rings. The van der Waals surface area contributed by atoms with E-state index >= 15 is 0 Å². The third kappa shape index (κ3) is 1.84. The van der Waals surface area contributed by atoms with Crippen molar-refractivity contribution in [3.05, 3.63) is 47.1 Å². The van der Waals surface area contributed by atoms with Crippen molar-refractivity contribution < 1.29 is 4.39 Å². The van der Waals surface area contributed by atoms with Crippen LogP contribution in [0.15, 0.2) is 36.4 Å². The summed E-state index contributed by atoms with van der Waals surface area (Å²) in [7, 11) is 0. The van der Waals surface area contributed by atoms with Gasteiger partial charge in [-0.3, -0.25) is 0 Å². The molecule has 0 atom stereocenters. The van der Waals surface area contributed by atoms with Crippen LogP contribution >= 0.6 is 11.3 Å². The Hall–Kier alpha value is -1.19. The molecule has 0 amide bonds. The minimum absolute atomic E-state index is 0.204. The van der Waals surface area contributed by atoms with Gasteiger partial charge in [0.1, 0.15) is 5.82 Å². The van der Waals surface area contributed by atoms with Crippen LogP contribution in [0.3, 0.4) is 0 Å². The van der Waals surface area contributed by atoms with Gasteiger partial charge in [0, 0.05) is 16.3 Å². The maximum atomic E-state index is 12.7. The first-order valence-corrected chi connectivity index (χ1v) is 5.16. The Kier molecular flexibility index (Phi) is 2.61. The number of benzene rings is 1. The zero-order valence-corrected chi connectivity index (χ0v) is 8.35. The van der Waals surface area contributed by atoms with Crippen molar-refractivity contribution in [2.75, 3.05) is 0 Å². The molecule has 2 aromatic rings. The fraction of sp³-hybridized carbons (Fsp3) is 0.0909. The molecule has 14 heavy (non-hydrogen) atoms. The highest BCUT2D eigenvalue weighted by Gasteiger charge is 2.01. The van der Waals surface area contributed by atoms with Crippen LogP contribution in [-0.4, -0.2) is 0 Å². The first-order chi connectivity index (χ1) is 6.79. The second-order valence-corrected chi connectivity index (χ2v) is 4.15. The van der Waals surface area contributed by atoms with Crippen LogP contribution in [0, 0.1) is 5.82 Å². The maximum Gasteiger partial charge on any atom is 0.123 e. The second-order valence-electron chi connectivity index (χ2n) is 2.98. The molecule has 0 spiro atoms. The molecule has 1 heterocycles. The van der Waals surface area contributed by atoms with E-state index in [1.54, 1.807) is 23.5 Å². The zero-order valence-electron chi connectivity index (χ0n) is 7.53. The predicted octanol–water partition coefficient (Wildman–Crippen LogP) is 3.01. The summed E-state index contributed by atoms with van der Waals surface area (Å²) in [4.78, 5) is 2.27. The summed E-state index contributed by atoms with van der Waals surface area (Å²) in [5, 5.41) is 0. The molecular weight excluding hydrogens is 197 g/mol. The summed E-state index contributed by atoms with van der Waals surface area (Å²) in [5.41, 5.74) is 6.55. The quantitative estimate of drug-likeness (QED) is 0.804. The number of thiophene rings is 1. The van der Waals surface area contributed by atoms with Crippen molar-refractivity contribution in [1.82, 2.24) is 0 Å². The Morgan fingerprint density at radius 2 is 1.79 bits per heavy atom. The van der Waals surface area contributed by atoms with E-state index in [4.69, 9.17) is 5.73 Å². The Balaban J connectivity index is 2.34. The van der Waals surface area contributed by atoms with E-state index in [9.17, 15) is 4.39 Å². The van der Waals surface area contributed by atoms with Gasteiger partial charge in [0.2, 0.25) is 0 Å². The summed E-state index contributed by atoms with van der Waals surface area (Å²) in [5.74, 6) is -0.204. The molecule has 1 aromatic carbocycles. The highest BCUT2D eigenvalue weighted by molar-refractivity contribution is 7.15. The van der Waals surface area contributed by atoms with Crippen LogP contribution in [0.5, 0.6) is 0 Å². The highest BCUT2D eigenvalue weighted by atomic mass is 32.1. The highest BCUT2D eigenvalue weighted by Crippen LogP contribution is 2.27. The Morgan fingerprint density at radius 3 is 2.36 bits per heavy atom. The largest absolute Gasteiger partial charge is 0.326 e. The van der Waals surface area contributed by atoms with Crippen molar-refractivity contribution >= 4 is 11.3 Å². The van der Waals surface area contributed by atoms with E-state index in [2.05, 4.69) is 0 Å². The lowest BCUT2D eigenvalue weighted by Crippen LogP contribution is -1.90. The topological polar surface area (TPSA) is 26.0 Å². The van der Waals surface area contributed by atoms with Crippen molar-refractivity contribution in [2.45, 2.75) is 6.54 Å². The average Bonchev–Trinajstić information content (AvgIpc) is 2.67. The molecule has 0 saturated heterocycles. The minimum atomic E-state index is -0.204. The Morgan fingerprint density at radius 1 is 1.07 bits per heavy atom. The van der Waals surface area contributed by atoms with Gasteiger partial charge in [-0.2, -0.15) is 0 Å². The van der Waals surface area contributed by atoms with E-state index in [-0.39, 0.29) is 5.82 Å². The van der Waals surface area contributed by atoms with Crippen molar-refractivity contribution in [1.29, 1.82) is 0 Å². The number of hydrogen-bond donors (Lipinski definition) is 1. The van der Waals surface area contributed by atoms with E-state index in [0.717, 1.165) is 15.3 Å². The van der Waals surface area contributed by atoms with Crippen LogP contribution in [0.1, 0.15) is 4.88 Å².